The molecule has 1 N–H and O–H groups in total. The van der Waals surface area contributed by atoms with Crippen LogP contribution >= 0.6 is 11.6 Å². The summed E-state index contributed by atoms with van der Waals surface area (Å²) in [6.45, 7) is 10.9. The van der Waals surface area contributed by atoms with E-state index in [0.29, 0.717) is 0 Å². The SMILES string of the molecule is CC(C)N1c2ncc(CN3CCN(c4ccc(Cl)cc4)CC3)cc2NC(=O)[C@@H]1C. The molecule has 154 valence electrons. The van der Waals surface area contributed by atoms with Gasteiger partial charge in [0.15, 0.2) is 5.82 Å². The van der Waals surface area contributed by atoms with Crippen molar-refractivity contribution in [3.05, 3.63) is 47.1 Å². The summed E-state index contributed by atoms with van der Waals surface area (Å²) in [6.07, 6.45) is 1.95. The second-order valence-corrected chi connectivity index (χ2v) is 8.56. The molecule has 0 radical (unpaired) electrons. The van der Waals surface area contributed by atoms with Gasteiger partial charge in [-0.1, -0.05) is 11.6 Å². The molecule has 1 aromatic carbocycles. The minimum atomic E-state index is -0.207. The fourth-order valence-corrected chi connectivity index (χ4v) is 4.32. The van der Waals surface area contributed by atoms with Gasteiger partial charge in [-0.05, 0) is 56.7 Å². The molecule has 0 saturated carbocycles. The Morgan fingerprint density at radius 1 is 1.17 bits per heavy atom. The Balaban J connectivity index is 1.42. The van der Waals surface area contributed by atoms with Gasteiger partial charge in [-0.2, -0.15) is 0 Å². The van der Waals surface area contributed by atoms with E-state index in [9.17, 15) is 4.79 Å². The normalized spacial score (nSPS) is 20.0. The van der Waals surface area contributed by atoms with Gasteiger partial charge in [0.05, 0.1) is 5.69 Å². The Kier molecular flexibility index (Phi) is 5.65. The van der Waals surface area contributed by atoms with Crippen LogP contribution in [-0.2, 0) is 11.3 Å². The smallest absolute Gasteiger partial charge is 0.246 e. The van der Waals surface area contributed by atoms with E-state index >= 15 is 0 Å². The Labute approximate surface area is 177 Å². The predicted octanol–water partition coefficient (Wildman–Crippen LogP) is 3.61. The third-order valence-electron chi connectivity index (χ3n) is 5.75. The fourth-order valence-electron chi connectivity index (χ4n) is 4.20. The van der Waals surface area contributed by atoms with Crippen LogP contribution in [0.15, 0.2) is 36.5 Å². The second-order valence-electron chi connectivity index (χ2n) is 8.12. The molecule has 3 heterocycles. The van der Waals surface area contributed by atoms with Crippen molar-refractivity contribution in [1.29, 1.82) is 0 Å². The molecule has 4 rings (SSSR count). The molecule has 1 saturated heterocycles. The highest BCUT2D eigenvalue weighted by molar-refractivity contribution is 6.30. The highest BCUT2D eigenvalue weighted by Crippen LogP contribution is 2.32. The van der Waals surface area contributed by atoms with Crippen LogP contribution in [0.3, 0.4) is 0 Å². The van der Waals surface area contributed by atoms with Crippen LogP contribution in [0.4, 0.5) is 17.2 Å². The Bertz CT molecular complexity index is 877. The van der Waals surface area contributed by atoms with E-state index in [4.69, 9.17) is 16.6 Å². The lowest BCUT2D eigenvalue weighted by atomic mass is 10.1. The van der Waals surface area contributed by atoms with Gasteiger partial charge in [0, 0.05) is 55.7 Å². The molecule has 29 heavy (non-hydrogen) atoms. The summed E-state index contributed by atoms with van der Waals surface area (Å²) < 4.78 is 0. The number of nitrogens with zero attached hydrogens (tertiary/aromatic N) is 4. The largest absolute Gasteiger partial charge is 0.369 e. The van der Waals surface area contributed by atoms with Crippen LogP contribution in [0.2, 0.25) is 5.02 Å². The standard InChI is InChI=1S/C22H28ClN5O/c1-15(2)28-16(3)22(29)25-20-12-17(13-24-21(20)28)14-26-8-10-27(11-9-26)19-6-4-18(23)5-7-19/h4-7,12-13,15-16H,8-11,14H2,1-3H3,(H,25,29)/t16-/m0/s1. The molecular weight excluding hydrogens is 386 g/mol. The van der Waals surface area contributed by atoms with Gasteiger partial charge < -0.3 is 15.1 Å². The highest BCUT2D eigenvalue weighted by Gasteiger charge is 2.32. The second kappa shape index (κ2) is 8.20. The van der Waals surface area contributed by atoms with Gasteiger partial charge >= 0.3 is 0 Å². The molecule has 7 heteroatoms. The first-order chi connectivity index (χ1) is 13.9. The molecule has 0 unspecified atom stereocenters. The number of piperazine rings is 1. The Morgan fingerprint density at radius 3 is 2.52 bits per heavy atom. The van der Waals surface area contributed by atoms with Crippen LogP contribution in [0.1, 0.15) is 26.3 Å². The van der Waals surface area contributed by atoms with Crippen molar-refractivity contribution < 1.29 is 4.79 Å². The zero-order chi connectivity index (χ0) is 20.5. The first-order valence-corrected chi connectivity index (χ1v) is 10.6. The molecule has 2 aliphatic heterocycles. The van der Waals surface area contributed by atoms with E-state index in [2.05, 4.69) is 52.1 Å². The first-order valence-electron chi connectivity index (χ1n) is 10.2. The number of amides is 1. The highest BCUT2D eigenvalue weighted by atomic mass is 35.5. The number of benzene rings is 1. The number of rotatable bonds is 4. The number of fused-ring (bicyclic) bond motifs is 1. The van der Waals surface area contributed by atoms with Crippen LogP contribution in [0.5, 0.6) is 0 Å². The van der Waals surface area contributed by atoms with Gasteiger partial charge in [-0.15, -0.1) is 0 Å². The molecule has 6 nitrogen and oxygen atoms in total. The zero-order valence-corrected chi connectivity index (χ0v) is 18.0. The maximum Gasteiger partial charge on any atom is 0.246 e. The topological polar surface area (TPSA) is 51.7 Å². The maximum atomic E-state index is 12.4. The van der Waals surface area contributed by atoms with Gasteiger partial charge in [-0.25, -0.2) is 4.98 Å². The van der Waals surface area contributed by atoms with Crippen molar-refractivity contribution in [3.63, 3.8) is 0 Å². The van der Waals surface area contributed by atoms with Crippen molar-refractivity contribution in [3.8, 4) is 0 Å². The van der Waals surface area contributed by atoms with Crippen molar-refractivity contribution in [2.45, 2.75) is 39.4 Å². The van der Waals surface area contributed by atoms with Gasteiger partial charge in [0.1, 0.15) is 6.04 Å². The minimum absolute atomic E-state index is 0.0294. The molecule has 1 aromatic heterocycles. The number of hydrogen-bond acceptors (Lipinski definition) is 5. The van der Waals surface area contributed by atoms with Crippen LogP contribution in [-0.4, -0.2) is 54.1 Å². The third kappa shape index (κ3) is 4.19. The number of aromatic nitrogens is 1. The molecule has 1 fully saturated rings. The van der Waals surface area contributed by atoms with Crippen LogP contribution in [0, 0.1) is 0 Å². The van der Waals surface area contributed by atoms with Gasteiger partial charge in [0.2, 0.25) is 5.91 Å². The van der Waals surface area contributed by atoms with E-state index in [1.54, 1.807) is 0 Å². The lowest BCUT2D eigenvalue weighted by molar-refractivity contribution is -0.117. The van der Waals surface area contributed by atoms with Gasteiger partial charge in [-0.3, -0.25) is 9.69 Å². The first kappa shape index (κ1) is 20.0. The van der Waals surface area contributed by atoms with E-state index in [-0.39, 0.29) is 18.0 Å². The van der Waals surface area contributed by atoms with E-state index in [0.717, 1.165) is 54.8 Å². The summed E-state index contributed by atoms with van der Waals surface area (Å²) >= 11 is 6.00. The monoisotopic (exact) mass is 413 g/mol. The number of pyridine rings is 1. The number of nitrogens with one attached hydrogen (secondary N) is 1. The summed E-state index contributed by atoms with van der Waals surface area (Å²) in [6, 6.07) is 10.1. The maximum absolute atomic E-state index is 12.4. The average Bonchev–Trinajstić information content (AvgIpc) is 2.70. The Morgan fingerprint density at radius 2 is 1.86 bits per heavy atom. The quantitative estimate of drug-likeness (QED) is 0.829. The van der Waals surface area contributed by atoms with Gasteiger partial charge in [0.25, 0.3) is 0 Å². The van der Waals surface area contributed by atoms with Crippen molar-refractivity contribution >= 4 is 34.7 Å². The molecule has 0 spiro atoms. The molecule has 1 amide bonds. The van der Waals surface area contributed by atoms with E-state index in [1.165, 1.54) is 5.69 Å². The lowest BCUT2D eigenvalue weighted by Crippen LogP contribution is -2.50. The number of anilines is 3. The molecule has 1 atom stereocenters. The molecule has 0 aliphatic carbocycles. The lowest BCUT2D eigenvalue weighted by Gasteiger charge is -2.38. The number of carbonyl (C=O) groups excluding carboxylic acids is 1. The summed E-state index contributed by atoms with van der Waals surface area (Å²) in [5.74, 6) is 0.894. The molecular formula is C22H28ClN5O. The predicted molar refractivity (Wildman–Crippen MR) is 119 cm³/mol. The van der Waals surface area contributed by atoms with E-state index < -0.39 is 0 Å². The van der Waals surface area contributed by atoms with Crippen molar-refractivity contribution in [1.82, 2.24) is 9.88 Å². The number of carbonyl (C=O) groups is 1. The van der Waals surface area contributed by atoms with Crippen molar-refractivity contribution in [2.24, 2.45) is 0 Å². The van der Waals surface area contributed by atoms with E-state index in [1.807, 2.05) is 25.3 Å². The zero-order valence-electron chi connectivity index (χ0n) is 17.2. The fraction of sp³-hybridized carbons (Fsp3) is 0.455. The molecule has 2 aliphatic rings. The summed E-state index contributed by atoms with van der Waals surface area (Å²) in [7, 11) is 0. The van der Waals surface area contributed by atoms with Crippen LogP contribution < -0.4 is 15.1 Å². The van der Waals surface area contributed by atoms with Crippen molar-refractivity contribution in [2.75, 3.05) is 41.3 Å². The third-order valence-corrected chi connectivity index (χ3v) is 6.00. The molecule has 0 bridgehead atoms. The minimum Gasteiger partial charge on any atom is -0.369 e. The number of halogens is 1. The summed E-state index contributed by atoms with van der Waals surface area (Å²) in [5.41, 5.74) is 3.16. The number of hydrogen-bond donors (Lipinski definition) is 1. The van der Waals surface area contributed by atoms with Crippen LogP contribution in [0.25, 0.3) is 0 Å². The summed E-state index contributed by atoms with van der Waals surface area (Å²) in [4.78, 5) is 24.0. The average molecular weight is 414 g/mol. The summed E-state index contributed by atoms with van der Waals surface area (Å²) in [5, 5.41) is 3.79. The Hall–Kier alpha value is -2.31. The molecule has 2 aromatic rings.